The maximum atomic E-state index is 12.7. The molecule has 0 spiro atoms. The standard InChI is InChI=1S/C17H22N4O/c1-13(2)9-10-20(15-7-8-15)17(22)14-3-5-16(6-4-14)21-12-18-11-19-21/h3-6,11-13,15H,7-10H2,1-2H3. The quantitative estimate of drug-likeness (QED) is 0.824. The van der Waals surface area contributed by atoms with Crippen molar-refractivity contribution in [1.29, 1.82) is 0 Å². The molecular formula is C17H22N4O. The molecule has 1 aliphatic carbocycles. The molecule has 5 nitrogen and oxygen atoms in total. The molecule has 0 saturated heterocycles. The first-order valence-corrected chi connectivity index (χ1v) is 7.91. The highest BCUT2D eigenvalue weighted by molar-refractivity contribution is 5.94. The van der Waals surface area contributed by atoms with Crippen LogP contribution in [0, 0.1) is 5.92 Å². The highest BCUT2D eigenvalue weighted by Crippen LogP contribution is 2.29. The van der Waals surface area contributed by atoms with Gasteiger partial charge in [0.1, 0.15) is 12.7 Å². The molecule has 116 valence electrons. The zero-order valence-corrected chi connectivity index (χ0v) is 13.1. The first-order valence-electron chi connectivity index (χ1n) is 7.91. The van der Waals surface area contributed by atoms with Crippen LogP contribution in [0.3, 0.4) is 0 Å². The number of carbonyl (C=O) groups excluding carboxylic acids is 1. The first kappa shape index (κ1) is 14.8. The lowest BCUT2D eigenvalue weighted by molar-refractivity contribution is 0.0735. The van der Waals surface area contributed by atoms with Crippen molar-refractivity contribution in [1.82, 2.24) is 19.7 Å². The van der Waals surface area contributed by atoms with Crippen LogP contribution in [0.1, 0.15) is 43.5 Å². The Morgan fingerprint density at radius 3 is 2.59 bits per heavy atom. The minimum absolute atomic E-state index is 0.147. The number of rotatable bonds is 6. The highest BCUT2D eigenvalue weighted by atomic mass is 16.2. The molecule has 0 N–H and O–H groups in total. The van der Waals surface area contributed by atoms with Crippen LogP contribution in [0.4, 0.5) is 0 Å². The molecule has 0 atom stereocenters. The molecule has 1 aromatic carbocycles. The van der Waals surface area contributed by atoms with Gasteiger partial charge in [-0.1, -0.05) is 13.8 Å². The van der Waals surface area contributed by atoms with Crippen LogP contribution < -0.4 is 0 Å². The normalized spacial score (nSPS) is 14.3. The Morgan fingerprint density at radius 1 is 1.32 bits per heavy atom. The minimum atomic E-state index is 0.147. The molecule has 1 aromatic heterocycles. The van der Waals surface area contributed by atoms with Gasteiger partial charge in [-0.2, -0.15) is 5.10 Å². The summed E-state index contributed by atoms with van der Waals surface area (Å²) in [4.78, 5) is 18.7. The number of aromatic nitrogens is 3. The van der Waals surface area contributed by atoms with Crippen molar-refractivity contribution in [3.8, 4) is 5.69 Å². The summed E-state index contributed by atoms with van der Waals surface area (Å²) >= 11 is 0. The van der Waals surface area contributed by atoms with Gasteiger partial charge in [-0.05, 0) is 49.4 Å². The predicted molar refractivity (Wildman–Crippen MR) is 84.9 cm³/mol. The molecule has 22 heavy (non-hydrogen) atoms. The van der Waals surface area contributed by atoms with Crippen molar-refractivity contribution in [3.05, 3.63) is 42.5 Å². The Hall–Kier alpha value is -2.17. The molecule has 3 rings (SSSR count). The van der Waals surface area contributed by atoms with Crippen molar-refractivity contribution in [2.45, 2.75) is 39.2 Å². The lowest BCUT2D eigenvalue weighted by Gasteiger charge is -2.23. The summed E-state index contributed by atoms with van der Waals surface area (Å²) in [6.07, 6.45) is 6.48. The van der Waals surface area contributed by atoms with Crippen LogP contribution in [-0.4, -0.2) is 38.2 Å². The molecule has 2 aromatic rings. The maximum absolute atomic E-state index is 12.7. The fourth-order valence-corrected chi connectivity index (χ4v) is 2.50. The Morgan fingerprint density at radius 2 is 2.05 bits per heavy atom. The van der Waals surface area contributed by atoms with Gasteiger partial charge in [0.05, 0.1) is 5.69 Å². The molecule has 1 fully saturated rings. The van der Waals surface area contributed by atoms with Crippen molar-refractivity contribution in [2.75, 3.05) is 6.54 Å². The SMILES string of the molecule is CC(C)CCN(C(=O)c1ccc(-n2cncn2)cc1)C1CC1. The minimum Gasteiger partial charge on any atom is -0.336 e. The van der Waals surface area contributed by atoms with Gasteiger partial charge in [0.2, 0.25) is 0 Å². The van der Waals surface area contributed by atoms with Gasteiger partial charge in [-0.3, -0.25) is 4.79 Å². The highest BCUT2D eigenvalue weighted by Gasteiger charge is 2.32. The van der Waals surface area contributed by atoms with E-state index in [0.717, 1.165) is 37.1 Å². The summed E-state index contributed by atoms with van der Waals surface area (Å²) < 4.78 is 1.69. The van der Waals surface area contributed by atoms with Gasteiger partial charge in [0, 0.05) is 18.2 Å². The summed E-state index contributed by atoms with van der Waals surface area (Å²) in [5, 5.41) is 4.09. The first-order chi connectivity index (χ1) is 10.6. The second kappa shape index (κ2) is 6.30. The summed E-state index contributed by atoms with van der Waals surface area (Å²) in [7, 11) is 0. The number of nitrogens with zero attached hydrogens (tertiary/aromatic N) is 4. The van der Waals surface area contributed by atoms with E-state index in [1.165, 1.54) is 6.33 Å². The van der Waals surface area contributed by atoms with E-state index < -0.39 is 0 Å². The smallest absolute Gasteiger partial charge is 0.254 e. The second-order valence-corrected chi connectivity index (χ2v) is 6.30. The summed E-state index contributed by atoms with van der Waals surface area (Å²) in [5.74, 6) is 0.761. The molecule has 1 amide bonds. The number of benzene rings is 1. The van der Waals surface area contributed by atoms with Crippen molar-refractivity contribution < 1.29 is 4.79 Å². The van der Waals surface area contributed by atoms with Crippen LogP contribution in [0.25, 0.3) is 5.69 Å². The molecule has 1 heterocycles. The van der Waals surface area contributed by atoms with Gasteiger partial charge in [0.15, 0.2) is 0 Å². The van der Waals surface area contributed by atoms with Crippen LogP contribution in [-0.2, 0) is 0 Å². The zero-order chi connectivity index (χ0) is 15.5. The molecule has 0 aliphatic heterocycles. The fraction of sp³-hybridized carbons (Fsp3) is 0.471. The lowest BCUT2D eigenvalue weighted by Crippen LogP contribution is -2.34. The second-order valence-electron chi connectivity index (χ2n) is 6.30. The van der Waals surface area contributed by atoms with E-state index >= 15 is 0 Å². The molecule has 0 bridgehead atoms. The maximum Gasteiger partial charge on any atom is 0.254 e. The van der Waals surface area contributed by atoms with E-state index in [-0.39, 0.29) is 5.91 Å². The van der Waals surface area contributed by atoms with Crippen LogP contribution >= 0.6 is 0 Å². The third-order valence-corrected chi connectivity index (χ3v) is 3.99. The topological polar surface area (TPSA) is 51.0 Å². The van der Waals surface area contributed by atoms with E-state index in [0.29, 0.717) is 12.0 Å². The third-order valence-electron chi connectivity index (χ3n) is 3.99. The molecule has 1 aliphatic rings. The van der Waals surface area contributed by atoms with Gasteiger partial charge >= 0.3 is 0 Å². The van der Waals surface area contributed by atoms with Gasteiger partial charge in [-0.25, -0.2) is 9.67 Å². The summed E-state index contributed by atoms with van der Waals surface area (Å²) in [6.45, 7) is 5.25. The van der Waals surface area contributed by atoms with Crippen LogP contribution in [0.2, 0.25) is 0 Å². The molecule has 1 saturated carbocycles. The van der Waals surface area contributed by atoms with Crippen LogP contribution in [0.15, 0.2) is 36.9 Å². The van der Waals surface area contributed by atoms with Crippen molar-refractivity contribution in [3.63, 3.8) is 0 Å². The number of hydrogen-bond acceptors (Lipinski definition) is 3. The molecular weight excluding hydrogens is 276 g/mol. The van der Waals surface area contributed by atoms with E-state index in [1.54, 1.807) is 11.0 Å². The molecule has 0 unspecified atom stereocenters. The Kier molecular flexibility index (Phi) is 4.22. The predicted octanol–water partition coefficient (Wildman–Crippen LogP) is 2.92. The summed E-state index contributed by atoms with van der Waals surface area (Å²) in [5.41, 5.74) is 1.66. The average Bonchev–Trinajstić information content (AvgIpc) is 3.20. The Balaban J connectivity index is 1.72. The molecule has 5 heteroatoms. The zero-order valence-electron chi connectivity index (χ0n) is 13.1. The van der Waals surface area contributed by atoms with Crippen LogP contribution in [0.5, 0.6) is 0 Å². The number of hydrogen-bond donors (Lipinski definition) is 0. The number of amides is 1. The van der Waals surface area contributed by atoms with Crippen molar-refractivity contribution >= 4 is 5.91 Å². The third kappa shape index (κ3) is 3.35. The van der Waals surface area contributed by atoms with Crippen molar-refractivity contribution in [2.24, 2.45) is 5.92 Å². The van der Waals surface area contributed by atoms with E-state index in [9.17, 15) is 4.79 Å². The van der Waals surface area contributed by atoms with Gasteiger partial charge < -0.3 is 4.90 Å². The monoisotopic (exact) mass is 298 g/mol. The van der Waals surface area contributed by atoms with Gasteiger partial charge in [-0.15, -0.1) is 0 Å². The summed E-state index contributed by atoms with van der Waals surface area (Å²) in [6, 6.07) is 8.03. The van der Waals surface area contributed by atoms with E-state index in [1.807, 2.05) is 29.2 Å². The van der Waals surface area contributed by atoms with Gasteiger partial charge in [0.25, 0.3) is 5.91 Å². The van der Waals surface area contributed by atoms with E-state index in [4.69, 9.17) is 0 Å². The fourth-order valence-electron chi connectivity index (χ4n) is 2.50. The largest absolute Gasteiger partial charge is 0.336 e. The molecule has 0 radical (unpaired) electrons. The Bertz CT molecular complexity index is 615. The van der Waals surface area contributed by atoms with E-state index in [2.05, 4.69) is 23.9 Å². The average molecular weight is 298 g/mol. The number of carbonyl (C=O) groups is 1. The Labute approximate surface area is 131 Å². The lowest BCUT2D eigenvalue weighted by atomic mass is 10.1.